The van der Waals surface area contributed by atoms with Crippen LogP contribution in [-0.4, -0.2) is 33.2 Å². The number of aromatic nitrogens is 2. The number of hydrogen-bond donors (Lipinski definition) is 2. The summed E-state index contributed by atoms with van der Waals surface area (Å²) in [4.78, 5) is 40.9. The molecular weight excluding hydrogens is 388 g/mol. The minimum atomic E-state index is -0.482. The van der Waals surface area contributed by atoms with Gasteiger partial charge in [0.25, 0.3) is 11.5 Å². The van der Waals surface area contributed by atoms with Crippen molar-refractivity contribution in [2.75, 3.05) is 5.75 Å². The van der Waals surface area contributed by atoms with Crippen LogP contribution in [-0.2, 0) is 11.3 Å². The summed E-state index contributed by atoms with van der Waals surface area (Å²) in [6, 6.07) is 14.2. The van der Waals surface area contributed by atoms with Gasteiger partial charge in [0.1, 0.15) is 0 Å². The van der Waals surface area contributed by atoms with Crippen molar-refractivity contribution in [3.63, 3.8) is 0 Å². The Morgan fingerprint density at radius 2 is 1.83 bits per heavy atom. The number of primary amides is 1. The Balaban J connectivity index is 1.94. The highest BCUT2D eigenvalue weighted by atomic mass is 32.2. The van der Waals surface area contributed by atoms with Crippen molar-refractivity contribution in [1.29, 1.82) is 0 Å². The third-order valence-corrected chi connectivity index (χ3v) is 5.15. The van der Waals surface area contributed by atoms with Crippen LogP contribution in [0, 0.1) is 0 Å². The van der Waals surface area contributed by atoms with Crippen molar-refractivity contribution in [1.82, 2.24) is 14.9 Å². The molecule has 0 aliphatic rings. The second-order valence-corrected chi connectivity index (χ2v) is 7.83. The Hall–Kier alpha value is -3.13. The Morgan fingerprint density at radius 3 is 2.48 bits per heavy atom. The number of nitrogens with one attached hydrogen (secondary N) is 1. The number of hydrogen-bond acceptors (Lipinski definition) is 5. The second kappa shape index (κ2) is 8.91. The Morgan fingerprint density at radius 1 is 1.14 bits per heavy atom. The van der Waals surface area contributed by atoms with Crippen LogP contribution in [0.15, 0.2) is 58.5 Å². The van der Waals surface area contributed by atoms with Gasteiger partial charge < -0.3 is 11.1 Å². The first-order chi connectivity index (χ1) is 13.8. The fourth-order valence-electron chi connectivity index (χ4n) is 2.82. The van der Waals surface area contributed by atoms with Gasteiger partial charge in [-0.1, -0.05) is 36.0 Å². The van der Waals surface area contributed by atoms with Crippen LogP contribution in [0.5, 0.6) is 0 Å². The van der Waals surface area contributed by atoms with Gasteiger partial charge in [-0.3, -0.25) is 19.0 Å². The third kappa shape index (κ3) is 5.03. The molecule has 0 aliphatic heterocycles. The molecule has 2 aromatic carbocycles. The van der Waals surface area contributed by atoms with E-state index in [1.165, 1.54) is 4.57 Å². The van der Waals surface area contributed by atoms with E-state index in [1.807, 2.05) is 19.9 Å². The molecule has 0 atom stereocenters. The molecule has 0 unspecified atom stereocenters. The highest BCUT2D eigenvalue weighted by Gasteiger charge is 2.13. The Labute approximate surface area is 172 Å². The summed E-state index contributed by atoms with van der Waals surface area (Å²) < 4.78 is 1.53. The van der Waals surface area contributed by atoms with Crippen LogP contribution in [0.2, 0.25) is 0 Å². The first kappa shape index (κ1) is 20.6. The summed E-state index contributed by atoms with van der Waals surface area (Å²) in [7, 11) is 0. The standard InChI is InChI=1S/C21H22N4O3S/c1-13(2)23-19(27)15-9-7-14(8-10-15)11-25-20(28)16-5-3-4-6-17(16)24-21(25)29-12-18(22)26/h3-10,13H,11-12H2,1-2H3,(H2,22,26)(H,23,27). The maximum Gasteiger partial charge on any atom is 0.262 e. The zero-order valence-corrected chi connectivity index (χ0v) is 17.0. The number of thioether (sulfide) groups is 1. The van der Waals surface area contributed by atoms with Crippen LogP contribution in [0.1, 0.15) is 29.8 Å². The molecule has 1 heterocycles. The van der Waals surface area contributed by atoms with Crippen molar-refractivity contribution in [3.8, 4) is 0 Å². The number of carbonyl (C=O) groups excluding carboxylic acids is 2. The monoisotopic (exact) mass is 410 g/mol. The normalized spacial score (nSPS) is 11.0. The van der Waals surface area contributed by atoms with Gasteiger partial charge in [0.15, 0.2) is 5.16 Å². The molecule has 3 N–H and O–H groups in total. The quantitative estimate of drug-likeness (QED) is 0.458. The lowest BCUT2D eigenvalue weighted by Gasteiger charge is -2.13. The molecule has 2 amide bonds. The van der Waals surface area contributed by atoms with E-state index in [9.17, 15) is 14.4 Å². The number of fused-ring (bicyclic) bond motifs is 1. The first-order valence-electron chi connectivity index (χ1n) is 9.15. The third-order valence-electron chi connectivity index (χ3n) is 4.15. The van der Waals surface area contributed by atoms with Crippen LogP contribution >= 0.6 is 11.8 Å². The van der Waals surface area contributed by atoms with E-state index >= 15 is 0 Å². The maximum atomic E-state index is 13.0. The van der Waals surface area contributed by atoms with Gasteiger partial charge in [-0.25, -0.2) is 4.98 Å². The predicted octanol–water partition coefficient (Wildman–Crippen LogP) is 2.16. The molecule has 0 aliphatic carbocycles. The van der Waals surface area contributed by atoms with Crippen LogP contribution in [0.25, 0.3) is 10.9 Å². The topological polar surface area (TPSA) is 107 Å². The average molecular weight is 410 g/mol. The smallest absolute Gasteiger partial charge is 0.262 e. The lowest BCUT2D eigenvalue weighted by atomic mass is 10.1. The van der Waals surface area contributed by atoms with Crippen molar-refractivity contribution in [2.24, 2.45) is 5.73 Å². The van der Waals surface area contributed by atoms with E-state index in [0.29, 0.717) is 21.6 Å². The summed E-state index contributed by atoms with van der Waals surface area (Å²) in [6.07, 6.45) is 0. The number of nitrogens with zero attached hydrogens (tertiary/aromatic N) is 2. The fraction of sp³-hybridized carbons (Fsp3) is 0.238. The van der Waals surface area contributed by atoms with E-state index in [4.69, 9.17) is 5.73 Å². The van der Waals surface area contributed by atoms with Crippen LogP contribution in [0.3, 0.4) is 0 Å². The van der Waals surface area contributed by atoms with Gasteiger partial charge >= 0.3 is 0 Å². The van der Waals surface area contributed by atoms with Gasteiger partial charge in [-0.2, -0.15) is 0 Å². The van der Waals surface area contributed by atoms with Crippen LogP contribution in [0.4, 0.5) is 0 Å². The van der Waals surface area contributed by atoms with E-state index in [0.717, 1.165) is 17.3 Å². The SMILES string of the molecule is CC(C)NC(=O)c1ccc(Cn2c(SCC(N)=O)nc3ccccc3c2=O)cc1. The van der Waals surface area contributed by atoms with E-state index in [2.05, 4.69) is 10.3 Å². The summed E-state index contributed by atoms with van der Waals surface area (Å²) in [6.45, 7) is 4.07. The first-order valence-corrected chi connectivity index (χ1v) is 10.1. The van der Waals surface area contributed by atoms with Crippen molar-refractivity contribution in [2.45, 2.75) is 31.6 Å². The Bertz CT molecular complexity index is 1110. The maximum absolute atomic E-state index is 13.0. The minimum absolute atomic E-state index is 0.0269. The predicted molar refractivity (Wildman–Crippen MR) is 114 cm³/mol. The molecule has 0 saturated heterocycles. The van der Waals surface area contributed by atoms with Gasteiger partial charge in [0.05, 0.1) is 23.2 Å². The molecule has 3 aromatic rings. The summed E-state index contributed by atoms with van der Waals surface area (Å²) in [5.74, 6) is -0.600. The zero-order valence-electron chi connectivity index (χ0n) is 16.2. The van der Waals surface area contributed by atoms with E-state index < -0.39 is 5.91 Å². The molecule has 7 nitrogen and oxygen atoms in total. The zero-order chi connectivity index (χ0) is 21.0. The Kier molecular flexibility index (Phi) is 6.33. The fourth-order valence-corrected chi connectivity index (χ4v) is 3.56. The lowest BCUT2D eigenvalue weighted by Crippen LogP contribution is -2.30. The highest BCUT2D eigenvalue weighted by molar-refractivity contribution is 7.99. The van der Waals surface area contributed by atoms with Gasteiger partial charge in [-0.15, -0.1) is 0 Å². The van der Waals surface area contributed by atoms with Gasteiger partial charge in [-0.05, 0) is 43.7 Å². The van der Waals surface area contributed by atoms with Crippen molar-refractivity contribution >= 4 is 34.5 Å². The second-order valence-electron chi connectivity index (χ2n) is 6.88. The van der Waals surface area contributed by atoms with E-state index in [-0.39, 0.29) is 29.8 Å². The minimum Gasteiger partial charge on any atom is -0.369 e. The molecular formula is C21H22N4O3S. The number of benzene rings is 2. The molecule has 0 fully saturated rings. The summed E-state index contributed by atoms with van der Waals surface area (Å²) in [5.41, 5.74) is 7.03. The molecule has 150 valence electrons. The van der Waals surface area contributed by atoms with Gasteiger partial charge in [0.2, 0.25) is 5.91 Å². The molecule has 0 spiro atoms. The molecule has 0 bridgehead atoms. The van der Waals surface area contributed by atoms with Gasteiger partial charge in [0, 0.05) is 11.6 Å². The number of nitrogens with two attached hydrogens (primary N) is 1. The molecule has 0 saturated carbocycles. The molecule has 8 heteroatoms. The van der Waals surface area contributed by atoms with Crippen molar-refractivity contribution < 1.29 is 9.59 Å². The van der Waals surface area contributed by atoms with E-state index in [1.54, 1.807) is 42.5 Å². The van der Waals surface area contributed by atoms with Crippen molar-refractivity contribution in [3.05, 3.63) is 70.0 Å². The highest BCUT2D eigenvalue weighted by Crippen LogP contribution is 2.19. The number of para-hydroxylation sites is 1. The molecule has 29 heavy (non-hydrogen) atoms. The molecule has 0 radical (unpaired) electrons. The lowest BCUT2D eigenvalue weighted by molar-refractivity contribution is -0.115. The summed E-state index contributed by atoms with van der Waals surface area (Å²) >= 11 is 1.13. The summed E-state index contributed by atoms with van der Waals surface area (Å²) in [5, 5.41) is 3.77. The molecule has 1 aromatic heterocycles. The average Bonchev–Trinajstić information content (AvgIpc) is 2.68. The number of amides is 2. The number of rotatable bonds is 7. The van der Waals surface area contributed by atoms with Crippen LogP contribution < -0.4 is 16.6 Å². The number of carbonyl (C=O) groups is 2. The molecule has 3 rings (SSSR count). The largest absolute Gasteiger partial charge is 0.369 e.